The molecule has 1 N–H and O–H groups in total. The minimum atomic E-state index is -0.346. The molecule has 6 nitrogen and oxygen atoms in total. The molecule has 0 aromatic carbocycles. The van der Waals surface area contributed by atoms with Crippen LogP contribution in [0.5, 0.6) is 0 Å². The van der Waals surface area contributed by atoms with Gasteiger partial charge in [0.1, 0.15) is 18.1 Å². The number of aryl methyl sites for hydroxylation is 1. The van der Waals surface area contributed by atoms with Gasteiger partial charge in [-0.3, -0.25) is 9.59 Å². The van der Waals surface area contributed by atoms with Crippen LogP contribution in [0.4, 0.5) is 5.82 Å². The number of carbonyl (C=O) groups excluding carboxylic acids is 1. The Kier molecular flexibility index (Phi) is 4.29. The van der Waals surface area contributed by atoms with Crippen LogP contribution in [0.15, 0.2) is 52.8 Å². The smallest absolute Gasteiger partial charge is 0.267 e. The average molecular weight is 326 g/mol. The van der Waals surface area contributed by atoms with Crippen molar-refractivity contribution in [2.75, 3.05) is 5.32 Å². The summed E-state index contributed by atoms with van der Waals surface area (Å²) in [5, 5.41) is 8.85. The summed E-state index contributed by atoms with van der Waals surface area (Å²) in [4.78, 5) is 29.0. The Hall–Kier alpha value is -2.80. The topological polar surface area (TPSA) is 76.9 Å². The minimum Gasteiger partial charge on any atom is -0.309 e. The van der Waals surface area contributed by atoms with E-state index in [1.54, 1.807) is 18.3 Å². The summed E-state index contributed by atoms with van der Waals surface area (Å²) in [5.41, 5.74) is 1.34. The lowest BCUT2D eigenvalue weighted by molar-refractivity contribution is -0.117. The normalized spacial score (nSPS) is 10.5. The van der Waals surface area contributed by atoms with Gasteiger partial charge in [0, 0.05) is 12.3 Å². The number of anilines is 1. The van der Waals surface area contributed by atoms with E-state index < -0.39 is 0 Å². The molecule has 0 saturated heterocycles. The summed E-state index contributed by atoms with van der Waals surface area (Å²) < 4.78 is 1.15. The first-order chi connectivity index (χ1) is 11.1. The van der Waals surface area contributed by atoms with Crippen LogP contribution in [0, 0.1) is 6.92 Å². The summed E-state index contributed by atoms with van der Waals surface area (Å²) in [5.74, 6) is 0.110. The number of amides is 1. The second-order valence-corrected chi connectivity index (χ2v) is 5.91. The number of nitrogens with one attached hydrogen (secondary N) is 1. The highest BCUT2D eigenvalue weighted by molar-refractivity contribution is 7.13. The Bertz CT molecular complexity index is 887. The Morgan fingerprint density at radius 3 is 2.91 bits per heavy atom. The molecule has 0 aliphatic rings. The number of nitrogens with zero attached hydrogens (tertiary/aromatic N) is 3. The summed E-state index contributed by atoms with van der Waals surface area (Å²) in [6.45, 7) is 1.75. The third kappa shape index (κ3) is 3.70. The second-order valence-electron chi connectivity index (χ2n) is 4.96. The molecule has 0 unspecified atom stereocenters. The number of aromatic nitrogens is 3. The van der Waals surface area contributed by atoms with Gasteiger partial charge in [-0.1, -0.05) is 6.07 Å². The minimum absolute atomic E-state index is 0.159. The van der Waals surface area contributed by atoms with Gasteiger partial charge in [-0.2, -0.15) is 5.10 Å². The van der Waals surface area contributed by atoms with Crippen molar-refractivity contribution in [2.45, 2.75) is 13.5 Å². The van der Waals surface area contributed by atoms with Crippen LogP contribution in [-0.2, 0) is 11.3 Å². The van der Waals surface area contributed by atoms with E-state index in [4.69, 9.17) is 0 Å². The molecule has 1 amide bonds. The lowest BCUT2D eigenvalue weighted by Crippen LogP contribution is -2.29. The van der Waals surface area contributed by atoms with Gasteiger partial charge in [-0.05, 0) is 42.1 Å². The Morgan fingerprint density at radius 2 is 2.17 bits per heavy atom. The number of hydrogen-bond donors (Lipinski definition) is 1. The van der Waals surface area contributed by atoms with Crippen LogP contribution in [0.25, 0.3) is 10.6 Å². The predicted octanol–water partition coefficient (Wildman–Crippen LogP) is 2.31. The maximum atomic E-state index is 12.1. The average Bonchev–Trinajstić information content (AvgIpc) is 3.04. The summed E-state index contributed by atoms with van der Waals surface area (Å²) in [6.07, 6.45) is 1.62. The molecule has 0 aliphatic heterocycles. The maximum absolute atomic E-state index is 12.1. The number of pyridine rings is 1. The van der Waals surface area contributed by atoms with Crippen molar-refractivity contribution in [1.82, 2.24) is 14.8 Å². The predicted molar refractivity (Wildman–Crippen MR) is 89.4 cm³/mol. The first-order valence-electron chi connectivity index (χ1n) is 6.96. The van der Waals surface area contributed by atoms with E-state index in [1.807, 2.05) is 30.5 Å². The monoisotopic (exact) mass is 326 g/mol. The van der Waals surface area contributed by atoms with Crippen LogP contribution in [0.3, 0.4) is 0 Å². The van der Waals surface area contributed by atoms with E-state index in [0.717, 1.165) is 15.1 Å². The van der Waals surface area contributed by atoms with E-state index in [-0.39, 0.29) is 18.0 Å². The molecule has 0 spiro atoms. The third-order valence-corrected chi connectivity index (χ3v) is 4.01. The summed E-state index contributed by atoms with van der Waals surface area (Å²) in [7, 11) is 0. The Balaban J connectivity index is 1.78. The lowest BCUT2D eigenvalue weighted by Gasteiger charge is -2.07. The zero-order chi connectivity index (χ0) is 16.2. The number of rotatable bonds is 4. The highest BCUT2D eigenvalue weighted by Crippen LogP contribution is 2.21. The molecule has 3 aromatic rings. The second kappa shape index (κ2) is 6.53. The Morgan fingerprint density at radius 1 is 1.30 bits per heavy atom. The molecular formula is C16H14N4O2S. The third-order valence-electron chi connectivity index (χ3n) is 3.12. The fourth-order valence-electron chi connectivity index (χ4n) is 2.04. The summed E-state index contributed by atoms with van der Waals surface area (Å²) in [6, 6.07) is 10.5. The van der Waals surface area contributed by atoms with E-state index >= 15 is 0 Å². The van der Waals surface area contributed by atoms with Crippen LogP contribution < -0.4 is 10.9 Å². The van der Waals surface area contributed by atoms with Gasteiger partial charge >= 0.3 is 0 Å². The van der Waals surface area contributed by atoms with E-state index in [1.165, 1.54) is 17.4 Å². The molecule has 116 valence electrons. The molecule has 0 aliphatic carbocycles. The lowest BCUT2D eigenvalue weighted by atomic mass is 10.3. The number of carbonyl (C=O) groups is 1. The van der Waals surface area contributed by atoms with Crippen molar-refractivity contribution in [3.05, 3.63) is 63.9 Å². The molecular weight excluding hydrogens is 312 g/mol. The standard InChI is InChI=1S/C16H14N4O2S/c1-11-6-7-17-14(9-11)18-15(21)10-20-16(22)5-4-12(19-20)13-3-2-8-23-13/h2-9H,10H2,1H3,(H,17,18,21). The molecule has 0 bridgehead atoms. The first kappa shape index (κ1) is 15.1. The number of hydrogen-bond acceptors (Lipinski definition) is 5. The molecule has 0 atom stereocenters. The van der Waals surface area contributed by atoms with Crippen molar-refractivity contribution in [1.29, 1.82) is 0 Å². The molecule has 3 rings (SSSR count). The maximum Gasteiger partial charge on any atom is 0.267 e. The molecule has 0 fully saturated rings. The highest BCUT2D eigenvalue weighted by Gasteiger charge is 2.09. The first-order valence-corrected chi connectivity index (χ1v) is 7.84. The van der Waals surface area contributed by atoms with Gasteiger partial charge in [-0.15, -0.1) is 11.3 Å². The number of thiophene rings is 1. The van der Waals surface area contributed by atoms with Gasteiger partial charge in [0.2, 0.25) is 5.91 Å². The Labute approximate surface area is 136 Å². The van der Waals surface area contributed by atoms with Crippen molar-refractivity contribution >= 4 is 23.1 Å². The van der Waals surface area contributed by atoms with E-state index in [9.17, 15) is 9.59 Å². The van der Waals surface area contributed by atoms with E-state index in [2.05, 4.69) is 15.4 Å². The van der Waals surface area contributed by atoms with Crippen molar-refractivity contribution in [3.63, 3.8) is 0 Å². The van der Waals surface area contributed by atoms with Gasteiger partial charge in [0.05, 0.1) is 4.88 Å². The zero-order valence-electron chi connectivity index (χ0n) is 12.4. The van der Waals surface area contributed by atoms with Crippen LogP contribution in [0.1, 0.15) is 5.56 Å². The van der Waals surface area contributed by atoms with E-state index in [0.29, 0.717) is 11.5 Å². The fourth-order valence-corrected chi connectivity index (χ4v) is 2.73. The largest absolute Gasteiger partial charge is 0.309 e. The van der Waals surface area contributed by atoms with Gasteiger partial charge < -0.3 is 5.32 Å². The highest BCUT2D eigenvalue weighted by atomic mass is 32.1. The summed E-state index contributed by atoms with van der Waals surface area (Å²) >= 11 is 1.53. The molecule has 0 saturated carbocycles. The molecule has 3 aromatic heterocycles. The molecule has 3 heterocycles. The zero-order valence-corrected chi connectivity index (χ0v) is 13.2. The van der Waals surface area contributed by atoms with Crippen LogP contribution in [-0.4, -0.2) is 20.7 Å². The molecule has 23 heavy (non-hydrogen) atoms. The fraction of sp³-hybridized carbons (Fsp3) is 0.125. The van der Waals surface area contributed by atoms with Crippen molar-refractivity contribution in [2.24, 2.45) is 0 Å². The quantitative estimate of drug-likeness (QED) is 0.798. The van der Waals surface area contributed by atoms with Gasteiger partial charge in [0.25, 0.3) is 5.56 Å². The SMILES string of the molecule is Cc1ccnc(NC(=O)Cn2nc(-c3cccs3)ccc2=O)c1. The van der Waals surface area contributed by atoms with Gasteiger partial charge in [0.15, 0.2) is 0 Å². The van der Waals surface area contributed by atoms with Crippen LogP contribution in [0.2, 0.25) is 0 Å². The van der Waals surface area contributed by atoms with Crippen LogP contribution >= 0.6 is 11.3 Å². The van der Waals surface area contributed by atoms with Crippen molar-refractivity contribution < 1.29 is 4.79 Å². The molecule has 0 radical (unpaired) electrons. The van der Waals surface area contributed by atoms with Crippen molar-refractivity contribution in [3.8, 4) is 10.6 Å². The van der Waals surface area contributed by atoms with Gasteiger partial charge in [-0.25, -0.2) is 9.67 Å². The molecule has 7 heteroatoms.